The molecule has 0 saturated heterocycles. The highest BCUT2D eigenvalue weighted by molar-refractivity contribution is 6.27. The second-order valence-electron chi connectivity index (χ2n) is 4.54. The number of carbonyl (C=O) groups excluding carboxylic acids is 1. The molecule has 1 heterocycles. The molecule has 2 unspecified atom stereocenters. The first-order chi connectivity index (χ1) is 8.70. The van der Waals surface area contributed by atoms with E-state index in [1.54, 1.807) is 6.20 Å². The molecule has 1 amide bonds. The first-order valence-electron chi connectivity index (χ1n) is 5.83. The molecule has 4 nitrogen and oxygen atoms in total. The highest BCUT2D eigenvalue weighted by atomic mass is 35.5. The molecule has 0 bridgehead atoms. The van der Waals surface area contributed by atoms with Crippen LogP contribution in [0.2, 0.25) is 0 Å². The van der Waals surface area contributed by atoms with Gasteiger partial charge in [-0.2, -0.15) is 0 Å². The average molecular weight is 265 g/mol. The second kappa shape index (κ2) is 4.30. The Morgan fingerprint density at radius 2 is 2.39 bits per heavy atom. The Morgan fingerprint density at radius 1 is 1.56 bits per heavy atom. The fraction of sp³-hybridized carbons (Fsp3) is 0.308. The molecule has 0 aliphatic heterocycles. The van der Waals surface area contributed by atoms with Gasteiger partial charge < -0.3 is 15.4 Å². The average Bonchev–Trinajstić information content (AvgIpc) is 2.81. The van der Waals surface area contributed by atoms with Crippen molar-refractivity contribution in [2.75, 3.05) is 5.88 Å². The summed E-state index contributed by atoms with van der Waals surface area (Å²) in [6, 6.07) is 5.65. The van der Waals surface area contributed by atoms with Gasteiger partial charge in [0.1, 0.15) is 12.0 Å². The van der Waals surface area contributed by atoms with Crippen molar-refractivity contribution in [2.24, 2.45) is 0 Å². The largest absolute Gasteiger partial charge is 0.386 e. The smallest absolute Gasteiger partial charge is 0.235 e. The van der Waals surface area contributed by atoms with Crippen LogP contribution in [0.4, 0.5) is 0 Å². The summed E-state index contributed by atoms with van der Waals surface area (Å²) in [6.07, 6.45) is 1.73. The number of rotatable bonds is 2. The van der Waals surface area contributed by atoms with Crippen molar-refractivity contribution in [3.63, 3.8) is 0 Å². The summed E-state index contributed by atoms with van der Waals surface area (Å²) in [5.41, 5.74) is 2.99. The third kappa shape index (κ3) is 1.69. The molecule has 94 valence electrons. The van der Waals surface area contributed by atoms with Crippen LogP contribution in [0.15, 0.2) is 24.4 Å². The minimum absolute atomic E-state index is 0.0899. The van der Waals surface area contributed by atoms with Gasteiger partial charge in [-0.15, -0.1) is 11.6 Å². The van der Waals surface area contributed by atoms with E-state index in [1.807, 2.05) is 18.2 Å². The Labute approximate surface area is 109 Å². The number of H-pyrrole nitrogens is 1. The van der Waals surface area contributed by atoms with Crippen molar-refractivity contribution in [1.82, 2.24) is 10.3 Å². The first-order valence-corrected chi connectivity index (χ1v) is 6.36. The third-order valence-electron chi connectivity index (χ3n) is 3.43. The number of benzene rings is 1. The lowest BCUT2D eigenvalue weighted by Gasteiger charge is -2.28. The second-order valence-corrected chi connectivity index (χ2v) is 4.81. The minimum Gasteiger partial charge on any atom is -0.386 e. The molecule has 5 heteroatoms. The standard InChI is InChI=1S/C13H13ClN2O2/c14-5-11(17)16-10-4-7-2-1-3-9-12(7)8(6-15-9)13(10)18/h1-3,6,10,13,15,18H,4-5H2,(H,16,17). The van der Waals surface area contributed by atoms with Crippen molar-refractivity contribution in [3.8, 4) is 0 Å². The van der Waals surface area contributed by atoms with Crippen molar-refractivity contribution < 1.29 is 9.90 Å². The molecule has 3 N–H and O–H groups in total. The molecule has 1 aromatic carbocycles. The van der Waals surface area contributed by atoms with Crippen LogP contribution < -0.4 is 5.32 Å². The van der Waals surface area contributed by atoms with Gasteiger partial charge in [0.2, 0.25) is 5.91 Å². The molecule has 2 aromatic rings. The van der Waals surface area contributed by atoms with E-state index < -0.39 is 6.10 Å². The molecule has 2 atom stereocenters. The van der Waals surface area contributed by atoms with Crippen LogP contribution in [0.25, 0.3) is 10.9 Å². The Hall–Kier alpha value is -1.52. The summed E-state index contributed by atoms with van der Waals surface area (Å²) >= 11 is 5.48. The molecule has 0 fully saturated rings. The highest BCUT2D eigenvalue weighted by Crippen LogP contribution is 2.35. The summed E-state index contributed by atoms with van der Waals surface area (Å²) in [5.74, 6) is -0.347. The van der Waals surface area contributed by atoms with Crippen LogP contribution in [0.5, 0.6) is 0 Å². The third-order valence-corrected chi connectivity index (χ3v) is 3.67. The van der Waals surface area contributed by atoms with Gasteiger partial charge in [-0.05, 0) is 18.1 Å². The van der Waals surface area contributed by atoms with Crippen LogP contribution in [0.1, 0.15) is 17.2 Å². The predicted octanol–water partition coefficient (Wildman–Crippen LogP) is 1.48. The molecule has 0 radical (unpaired) electrons. The predicted molar refractivity (Wildman–Crippen MR) is 69.6 cm³/mol. The van der Waals surface area contributed by atoms with Crippen LogP contribution in [0.3, 0.4) is 0 Å². The molecule has 3 rings (SSSR count). The van der Waals surface area contributed by atoms with E-state index in [9.17, 15) is 9.90 Å². The van der Waals surface area contributed by atoms with E-state index in [0.717, 1.165) is 22.0 Å². The van der Waals surface area contributed by atoms with E-state index in [4.69, 9.17) is 11.6 Å². The molecule has 18 heavy (non-hydrogen) atoms. The van der Waals surface area contributed by atoms with Gasteiger partial charge in [0.05, 0.1) is 6.04 Å². The number of hydrogen-bond donors (Lipinski definition) is 3. The maximum Gasteiger partial charge on any atom is 0.235 e. The van der Waals surface area contributed by atoms with Crippen LogP contribution >= 0.6 is 11.6 Å². The molecule has 1 aliphatic rings. The maximum absolute atomic E-state index is 11.4. The summed E-state index contributed by atoms with van der Waals surface area (Å²) in [6.45, 7) is 0. The number of carbonyl (C=O) groups is 1. The lowest BCUT2D eigenvalue weighted by atomic mass is 9.87. The van der Waals surface area contributed by atoms with Crippen molar-refractivity contribution >= 4 is 28.4 Å². The highest BCUT2D eigenvalue weighted by Gasteiger charge is 2.30. The van der Waals surface area contributed by atoms with Crippen molar-refractivity contribution in [2.45, 2.75) is 18.6 Å². The Bertz CT molecular complexity index is 608. The number of nitrogens with one attached hydrogen (secondary N) is 2. The minimum atomic E-state index is -0.694. The van der Waals surface area contributed by atoms with E-state index in [2.05, 4.69) is 10.3 Å². The first kappa shape index (κ1) is 11.6. The van der Waals surface area contributed by atoms with E-state index in [1.165, 1.54) is 0 Å². The molecular formula is C13H13ClN2O2. The Balaban J connectivity index is 2.01. The lowest BCUT2D eigenvalue weighted by Crippen LogP contribution is -2.42. The van der Waals surface area contributed by atoms with Gasteiger partial charge in [-0.1, -0.05) is 12.1 Å². The SMILES string of the molecule is O=C(CCl)NC1Cc2cccc3[nH]cc(c23)C1O. The summed E-state index contributed by atoms with van der Waals surface area (Å²) < 4.78 is 0. The normalized spacial score (nSPS) is 22.1. The number of aromatic nitrogens is 1. The van der Waals surface area contributed by atoms with Crippen molar-refractivity contribution in [3.05, 3.63) is 35.5 Å². The summed E-state index contributed by atoms with van der Waals surface area (Å²) in [7, 11) is 0. The van der Waals surface area contributed by atoms with Crippen LogP contribution in [-0.2, 0) is 11.2 Å². The molecule has 0 spiro atoms. The zero-order chi connectivity index (χ0) is 12.7. The van der Waals surface area contributed by atoms with E-state index in [0.29, 0.717) is 6.42 Å². The Kier molecular flexibility index (Phi) is 2.76. The summed E-state index contributed by atoms with van der Waals surface area (Å²) in [4.78, 5) is 14.5. The van der Waals surface area contributed by atoms with Gasteiger partial charge in [-0.3, -0.25) is 4.79 Å². The molecule has 1 aliphatic carbocycles. The molecule has 0 saturated carbocycles. The number of halogens is 1. The monoisotopic (exact) mass is 264 g/mol. The number of aromatic amines is 1. The Morgan fingerprint density at radius 3 is 3.17 bits per heavy atom. The van der Waals surface area contributed by atoms with Crippen molar-refractivity contribution in [1.29, 1.82) is 0 Å². The van der Waals surface area contributed by atoms with Crippen LogP contribution in [0, 0.1) is 0 Å². The number of alkyl halides is 1. The van der Waals surface area contributed by atoms with Gasteiger partial charge >= 0.3 is 0 Å². The number of aliphatic hydroxyl groups excluding tert-OH is 1. The lowest BCUT2D eigenvalue weighted by molar-refractivity contribution is -0.120. The number of aliphatic hydroxyl groups is 1. The number of hydrogen-bond acceptors (Lipinski definition) is 2. The van der Waals surface area contributed by atoms with Gasteiger partial charge in [0.25, 0.3) is 0 Å². The van der Waals surface area contributed by atoms with Gasteiger partial charge in [0, 0.05) is 22.7 Å². The fourth-order valence-corrected chi connectivity index (χ4v) is 2.71. The van der Waals surface area contributed by atoms with E-state index in [-0.39, 0.29) is 17.8 Å². The quantitative estimate of drug-likeness (QED) is 0.720. The van der Waals surface area contributed by atoms with Gasteiger partial charge in [0.15, 0.2) is 0 Å². The topological polar surface area (TPSA) is 65.1 Å². The summed E-state index contributed by atoms with van der Waals surface area (Å²) in [5, 5.41) is 14.1. The van der Waals surface area contributed by atoms with E-state index >= 15 is 0 Å². The van der Waals surface area contributed by atoms with Gasteiger partial charge in [-0.25, -0.2) is 0 Å². The maximum atomic E-state index is 11.4. The zero-order valence-electron chi connectivity index (χ0n) is 9.61. The van der Waals surface area contributed by atoms with Crippen LogP contribution in [-0.4, -0.2) is 27.9 Å². The molecule has 1 aromatic heterocycles. The fourth-order valence-electron chi connectivity index (χ4n) is 2.63. The zero-order valence-corrected chi connectivity index (χ0v) is 10.4. The number of amides is 1. The molecular weight excluding hydrogens is 252 g/mol.